The number of amides is 2. The van der Waals surface area contributed by atoms with E-state index in [0.717, 1.165) is 17.7 Å². The molecule has 0 saturated heterocycles. The number of fused-ring (bicyclic) bond motifs is 1. The molecule has 0 radical (unpaired) electrons. The summed E-state index contributed by atoms with van der Waals surface area (Å²) in [5, 5.41) is 2.08. The van der Waals surface area contributed by atoms with E-state index in [4.69, 9.17) is 9.47 Å². The van der Waals surface area contributed by atoms with Gasteiger partial charge in [-0.05, 0) is 77.2 Å². The molecule has 1 atom stereocenters. The number of rotatable bonds is 10. The predicted octanol–water partition coefficient (Wildman–Crippen LogP) is 6.18. The maximum atomic E-state index is 13.8. The highest BCUT2D eigenvalue weighted by Crippen LogP contribution is 2.34. The minimum Gasteiger partial charge on any atom is -0.497 e. The first-order chi connectivity index (χ1) is 18.3. The van der Waals surface area contributed by atoms with E-state index in [-0.39, 0.29) is 30.3 Å². The van der Waals surface area contributed by atoms with Crippen molar-refractivity contribution < 1.29 is 19.1 Å². The zero-order chi connectivity index (χ0) is 27.2. The fraction of sp³-hybridized carbons (Fsp3) is 0.419. The Balaban J connectivity index is 1.51. The Hall–Kier alpha value is -3.32. The van der Waals surface area contributed by atoms with Gasteiger partial charge in [-0.2, -0.15) is 0 Å². The number of nitrogens with zero attached hydrogens (tertiary/aromatic N) is 2. The largest absolute Gasteiger partial charge is 0.497 e. The molecule has 0 N–H and O–H groups in total. The summed E-state index contributed by atoms with van der Waals surface area (Å²) in [7, 11) is 1.60. The number of benzene rings is 2. The minimum absolute atomic E-state index is 0.0299. The summed E-state index contributed by atoms with van der Waals surface area (Å²) in [6.07, 6.45) is 0.814. The molecule has 0 aliphatic carbocycles. The Bertz CT molecular complexity index is 1220. The molecule has 6 nitrogen and oxygen atoms in total. The Morgan fingerprint density at radius 3 is 2.32 bits per heavy atom. The van der Waals surface area contributed by atoms with Crippen molar-refractivity contribution in [2.45, 2.75) is 46.1 Å². The number of methoxy groups -OCH3 is 1. The van der Waals surface area contributed by atoms with Crippen LogP contribution in [-0.4, -0.2) is 55.0 Å². The normalized spacial score (nSPS) is 14.9. The van der Waals surface area contributed by atoms with Gasteiger partial charge in [0.25, 0.3) is 5.91 Å². The third-order valence-corrected chi connectivity index (χ3v) is 7.90. The van der Waals surface area contributed by atoms with Crippen molar-refractivity contribution in [1.29, 1.82) is 0 Å². The van der Waals surface area contributed by atoms with Gasteiger partial charge in [-0.3, -0.25) is 9.59 Å². The van der Waals surface area contributed by atoms with Gasteiger partial charge in [0.2, 0.25) is 5.91 Å². The van der Waals surface area contributed by atoms with Crippen LogP contribution in [0.3, 0.4) is 0 Å². The number of carbonyl (C=O) groups is 2. The summed E-state index contributed by atoms with van der Waals surface area (Å²) in [5.41, 5.74) is 2.95. The van der Waals surface area contributed by atoms with Crippen LogP contribution in [0, 0.1) is 5.92 Å². The third kappa shape index (κ3) is 6.57. The van der Waals surface area contributed by atoms with Gasteiger partial charge in [0.05, 0.1) is 13.2 Å². The molecule has 2 aromatic carbocycles. The molecule has 1 aliphatic rings. The molecule has 202 valence electrons. The summed E-state index contributed by atoms with van der Waals surface area (Å²) in [6, 6.07) is 17.1. The van der Waals surface area contributed by atoms with E-state index in [1.807, 2.05) is 17.0 Å². The highest BCUT2D eigenvalue weighted by atomic mass is 32.1. The monoisotopic (exact) mass is 534 g/mol. The average molecular weight is 535 g/mol. The molecule has 7 heteroatoms. The second-order valence-corrected chi connectivity index (χ2v) is 11.5. The van der Waals surface area contributed by atoms with Crippen molar-refractivity contribution in [3.63, 3.8) is 0 Å². The standard InChI is InChI=1S/C31H38N2O4S/c1-21(2)18-32(31(35)24-8-10-25(36-5)11-9-24)19-30(34)33-16-14-29-27(15-17-38-29)28(33)20-37-26-12-6-23(7-13-26)22(3)4/h6-13,15,17,21-22,28H,14,16,18-20H2,1-5H3. The summed E-state index contributed by atoms with van der Waals surface area (Å²) in [6.45, 7) is 9.95. The highest BCUT2D eigenvalue weighted by molar-refractivity contribution is 7.10. The highest BCUT2D eigenvalue weighted by Gasteiger charge is 2.33. The molecule has 2 amide bonds. The van der Waals surface area contributed by atoms with Crippen LogP contribution < -0.4 is 9.47 Å². The molecule has 3 aromatic rings. The molecule has 1 unspecified atom stereocenters. The van der Waals surface area contributed by atoms with E-state index in [9.17, 15) is 9.59 Å². The van der Waals surface area contributed by atoms with Crippen LogP contribution in [-0.2, 0) is 11.2 Å². The van der Waals surface area contributed by atoms with Gasteiger partial charge >= 0.3 is 0 Å². The van der Waals surface area contributed by atoms with Gasteiger partial charge in [0.15, 0.2) is 0 Å². The molecule has 0 spiro atoms. The van der Waals surface area contributed by atoms with Crippen molar-refractivity contribution in [2.75, 3.05) is 33.4 Å². The topological polar surface area (TPSA) is 59.1 Å². The minimum atomic E-state index is -0.195. The van der Waals surface area contributed by atoms with Crippen molar-refractivity contribution in [3.8, 4) is 11.5 Å². The van der Waals surface area contributed by atoms with E-state index in [0.29, 0.717) is 36.9 Å². The van der Waals surface area contributed by atoms with Crippen LogP contribution in [0.1, 0.15) is 66.0 Å². The van der Waals surface area contributed by atoms with Crippen LogP contribution in [0.25, 0.3) is 0 Å². The Morgan fingerprint density at radius 2 is 1.68 bits per heavy atom. The van der Waals surface area contributed by atoms with E-state index < -0.39 is 0 Å². The van der Waals surface area contributed by atoms with Gasteiger partial charge in [0, 0.05) is 23.5 Å². The van der Waals surface area contributed by atoms with Crippen LogP contribution >= 0.6 is 11.3 Å². The second kappa shape index (κ2) is 12.5. The third-order valence-electron chi connectivity index (χ3n) is 6.91. The van der Waals surface area contributed by atoms with Crippen molar-refractivity contribution in [2.24, 2.45) is 5.92 Å². The molecule has 38 heavy (non-hydrogen) atoms. The number of hydrogen-bond acceptors (Lipinski definition) is 5. The Labute approximate surface area is 230 Å². The first kappa shape index (κ1) is 27.7. The zero-order valence-electron chi connectivity index (χ0n) is 23.0. The first-order valence-electron chi connectivity index (χ1n) is 13.3. The molecule has 4 rings (SSSR count). The summed E-state index contributed by atoms with van der Waals surface area (Å²) >= 11 is 1.73. The van der Waals surface area contributed by atoms with Crippen molar-refractivity contribution in [3.05, 3.63) is 81.5 Å². The Morgan fingerprint density at radius 1 is 1.00 bits per heavy atom. The smallest absolute Gasteiger partial charge is 0.254 e. The van der Waals surface area contributed by atoms with Crippen molar-refractivity contribution >= 4 is 23.2 Å². The molecule has 0 saturated carbocycles. The van der Waals surface area contributed by atoms with E-state index in [1.165, 1.54) is 10.4 Å². The predicted molar refractivity (Wildman–Crippen MR) is 152 cm³/mol. The van der Waals surface area contributed by atoms with Gasteiger partial charge in [0.1, 0.15) is 24.7 Å². The zero-order valence-corrected chi connectivity index (χ0v) is 23.8. The lowest BCUT2D eigenvalue weighted by atomic mass is 10.00. The van der Waals surface area contributed by atoms with Gasteiger partial charge in [-0.25, -0.2) is 0 Å². The van der Waals surface area contributed by atoms with Gasteiger partial charge in [-0.1, -0.05) is 39.8 Å². The fourth-order valence-corrected chi connectivity index (χ4v) is 5.76. The number of ether oxygens (including phenoxy) is 2. The lowest BCUT2D eigenvalue weighted by Gasteiger charge is -2.37. The first-order valence-corrected chi connectivity index (χ1v) is 14.2. The van der Waals surface area contributed by atoms with Gasteiger partial charge in [-0.15, -0.1) is 11.3 Å². The lowest BCUT2D eigenvalue weighted by Crippen LogP contribution is -2.48. The molecule has 1 aromatic heterocycles. The van der Waals surface area contributed by atoms with Crippen LogP contribution in [0.2, 0.25) is 0 Å². The van der Waals surface area contributed by atoms with Crippen LogP contribution in [0.5, 0.6) is 11.5 Å². The lowest BCUT2D eigenvalue weighted by molar-refractivity contribution is -0.135. The number of hydrogen-bond donors (Lipinski definition) is 0. The van der Waals surface area contributed by atoms with Crippen molar-refractivity contribution in [1.82, 2.24) is 9.80 Å². The maximum Gasteiger partial charge on any atom is 0.254 e. The average Bonchev–Trinajstić information content (AvgIpc) is 3.40. The molecular weight excluding hydrogens is 496 g/mol. The second-order valence-electron chi connectivity index (χ2n) is 10.5. The van der Waals surface area contributed by atoms with E-state index in [2.05, 4.69) is 51.3 Å². The summed E-state index contributed by atoms with van der Waals surface area (Å²) in [4.78, 5) is 32.0. The van der Waals surface area contributed by atoms with E-state index >= 15 is 0 Å². The molecular formula is C31H38N2O4S. The molecule has 0 bridgehead atoms. The molecule has 0 fully saturated rings. The molecule has 1 aliphatic heterocycles. The molecule has 2 heterocycles. The fourth-order valence-electron chi connectivity index (χ4n) is 4.83. The number of thiophene rings is 1. The maximum absolute atomic E-state index is 13.8. The van der Waals surface area contributed by atoms with E-state index in [1.54, 1.807) is 47.6 Å². The number of carbonyl (C=O) groups excluding carboxylic acids is 2. The van der Waals surface area contributed by atoms with Crippen LogP contribution in [0.15, 0.2) is 60.0 Å². The summed E-state index contributed by atoms with van der Waals surface area (Å²) < 4.78 is 11.4. The van der Waals surface area contributed by atoms with Gasteiger partial charge < -0.3 is 19.3 Å². The quantitative estimate of drug-likeness (QED) is 0.312. The SMILES string of the molecule is COc1ccc(C(=O)N(CC(=O)N2CCc3sccc3C2COc2ccc(C(C)C)cc2)CC(C)C)cc1. The summed E-state index contributed by atoms with van der Waals surface area (Å²) in [5.74, 6) is 1.95. The Kier molecular flexibility index (Phi) is 9.10. The van der Waals surface area contributed by atoms with Crippen LogP contribution in [0.4, 0.5) is 0 Å².